The van der Waals surface area contributed by atoms with Gasteiger partial charge in [-0.2, -0.15) is 0 Å². The summed E-state index contributed by atoms with van der Waals surface area (Å²) >= 11 is 0. The van der Waals surface area contributed by atoms with Gasteiger partial charge in [-0.1, -0.05) is 0 Å². The van der Waals surface area contributed by atoms with E-state index in [1.807, 2.05) is 0 Å². The molecule has 104 valence electrons. The zero-order valence-electron chi connectivity index (χ0n) is 9.87. The van der Waals surface area contributed by atoms with Gasteiger partial charge in [0.1, 0.15) is 0 Å². The van der Waals surface area contributed by atoms with E-state index >= 15 is 0 Å². The first-order chi connectivity index (χ1) is 8.23. The molecule has 2 atom stereocenters. The van der Waals surface area contributed by atoms with Gasteiger partial charge in [0.2, 0.25) is 0 Å². The number of carbonyl (C=O) groups is 2. The Bertz CT molecular complexity index is 434. The zero-order chi connectivity index (χ0) is 13.9. The molecule has 1 aliphatic rings. The molecule has 9 heteroatoms. The lowest BCUT2D eigenvalue weighted by Gasteiger charge is -2.33. The number of aliphatic hydroxyl groups excluding tert-OH is 1. The number of urea groups is 1. The number of hydrogen-bond acceptors (Lipinski definition) is 5. The number of amides is 2. The van der Waals surface area contributed by atoms with Gasteiger partial charge in [-0.3, -0.25) is 0 Å². The summed E-state index contributed by atoms with van der Waals surface area (Å²) in [7, 11) is -3.11. The molecule has 1 unspecified atom stereocenters. The standard InChI is InChI=1S/C9H16N2O6S/c1-6-5-18(16,17)3-2-11(6)9(15)10-4-7(12)8(13)14/h6-7,12H,2-5H2,1H3,(H,10,15)(H,13,14)/t6?,7-/m0/s1. The van der Waals surface area contributed by atoms with E-state index in [1.165, 1.54) is 4.90 Å². The lowest BCUT2D eigenvalue weighted by Crippen LogP contribution is -2.54. The normalized spacial score (nSPS) is 24.3. The number of sulfone groups is 1. The van der Waals surface area contributed by atoms with Crippen LogP contribution < -0.4 is 5.32 Å². The Balaban J connectivity index is 2.50. The minimum atomic E-state index is -3.11. The molecule has 0 aromatic carbocycles. The van der Waals surface area contributed by atoms with Crippen molar-refractivity contribution in [2.45, 2.75) is 19.1 Å². The topological polar surface area (TPSA) is 124 Å². The van der Waals surface area contributed by atoms with Crippen molar-refractivity contribution < 1.29 is 28.2 Å². The smallest absolute Gasteiger partial charge is 0.334 e. The molecule has 1 heterocycles. The van der Waals surface area contributed by atoms with Crippen LogP contribution in [0.3, 0.4) is 0 Å². The molecule has 0 spiro atoms. The highest BCUT2D eigenvalue weighted by atomic mass is 32.2. The van der Waals surface area contributed by atoms with Crippen molar-refractivity contribution in [1.82, 2.24) is 10.2 Å². The van der Waals surface area contributed by atoms with E-state index in [9.17, 15) is 18.0 Å². The summed E-state index contributed by atoms with van der Waals surface area (Å²) in [6, 6.07) is -1.04. The number of nitrogens with one attached hydrogen (secondary N) is 1. The number of aliphatic hydroxyl groups is 1. The molecule has 1 fully saturated rings. The fourth-order valence-electron chi connectivity index (χ4n) is 1.67. The molecule has 1 rings (SSSR count). The molecule has 0 aromatic heterocycles. The first-order valence-corrected chi connectivity index (χ1v) is 7.21. The average Bonchev–Trinajstić information content (AvgIpc) is 2.23. The molecular formula is C9H16N2O6S. The van der Waals surface area contributed by atoms with Crippen LogP contribution >= 0.6 is 0 Å². The Kier molecular flexibility index (Phi) is 4.52. The van der Waals surface area contributed by atoms with E-state index in [-0.39, 0.29) is 18.1 Å². The van der Waals surface area contributed by atoms with E-state index < -0.39 is 40.5 Å². The molecular weight excluding hydrogens is 264 g/mol. The van der Waals surface area contributed by atoms with Gasteiger partial charge in [-0.05, 0) is 6.92 Å². The molecule has 18 heavy (non-hydrogen) atoms. The lowest BCUT2D eigenvalue weighted by molar-refractivity contribution is -0.146. The van der Waals surface area contributed by atoms with Gasteiger partial charge in [0.05, 0.1) is 18.1 Å². The second kappa shape index (κ2) is 5.53. The maximum Gasteiger partial charge on any atom is 0.334 e. The molecule has 1 saturated heterocycles. The molecule has 0 aromatic rings. The Morgan fingerprint density at radius 3 is 2.61 bits per heavy atom. The number of carbonyl (C=O) groups excluding carboxylic acids is 1. The zero-order valence-corrected chi connectivity index (χ0v) is 10.7. The van der Waals surface area contributed by atoms with E-state index in [4.69, 9.17) is 10.2 Å². The van der Waals surface area contributed by atoms with Gasteiger partial charge in [0.25, 0.3) is 0 Å². The second-order valence-corrected chi connectivity index (χ2v) is 6.43. The van der Waals surface area contributed by atoms with Crippen LogP contribution in [0.25, 0.3) is 0 Å². The first kappa shape index (κ1) is 14.7. The summed E-state index contributed by atoms with van der Waals surface area (Å²) in [6.07, 6.45) is -1.67. The molecule has 0 radical (unpaired) electrons. The molecule has 8 nitrogen and oxygen atoms in total. The predicted molar refractivity (Wildman–Crippen MR) is 61.9 cm³/mol. The fraction of sp³-hybridized carbons (Fsp3) is 0.778. The maximum atomic E-state index is 11.7. The Hall–Kier alpha value is -1.35. The van der Waals surface area contributed by atoms with Crippen molar-refractivity contribution >= 4 is 21.8 Å². The van der Waals surface area contributed by atoms with Crippen LogP contribution in [-0.2, 0) is 14.6 Å². The highest BCUT2D eigenvalue weighted by Crippen LogP contribution is 2.11. The van der Waals surface area contributed by atoms with Crippen LogP contribution in [0.2, 0.25) is 0 Å². The summed E-state index contributed by atoms with van der Waals surface area (Å²) in [5.41, 5.74) is 0. The van der Waals surface area contributed by atoms with Crippen molar-refractivity contribution in [1.29, 1.82) is 0 Å². The molecule has 0 bridgehead atoms. The third-order valence-electron chi connectivity index (χ3n) is 2.66. The number of hydrogen-bond donors (Lipinski definition) is 3. The van der Waals surface area contributed by atoms with E-state index in [0.29, 0.717) is 0 Å². The summed E-state index contributed by atoms with van der Waals surface area (Å²) < 4.78 is 22.6. The van der Waals surface area contributed by atoms with Crippen LogP contribution in [0, 0.1) is 0 Å². The Morgan fingerprint density at radius 2 is 2.11 bits per heavy atom. The van der Waals surface area contributed by atoms with Crippen LogP contribution in [-0.4, -0.2) is 72.3 Å². The van der Waals surface area contributed by atoms with Gasteiger partial charge in [0, 0.05) is 12.6 Å². The van der Waals surface area contributed by atoms with Crippen molar-refractivity contribution in [3.8, 4) is 0 Å². The molecule has 2 amide bonds. The summed E-state index contributed by atoms with van der Waals surface area (Å²) in [4.78, 5) is 23.3. The average molecular weight is 280 g/mol. The Labute approximate surface area is 104 Å². The fourth-order valence-corrected chi connectivity index (χ4v) is 3.23. The first-order valence-electron chi connectivity index (χ1n) is 5.38. The number of aliphatic carboxylic acids is 1. The molecule has 0 saturated carbocycles. The Morgan fingerprint density at radius 1 is 1.50 bits per heavy atom. The summed E-state index contributed by atoms with van der Waals surface area (Å²) in [5, 5.41) is 19.7. The number of carboxylic acids is 1. The van der Waals surface area contributed by atoms with Crippen molar-refractivity contribution in [2.24, 2.45) is 0 Å². The van der Waals surface area contributed by atoms with Crippen LogP contribution in [0.15, 0.2) is 0 Å². The molecule has 0 aliphatic carbocycles. The van der Waals surface area contributed by atoms with E-state index in [0.717, 1.165) is 0 Å². The van der Waals surface area contributed by atoms with Gasteiger partial charge >= 0.3 is 12.0 Å². The SMILES string of the molecule is CC1CS(=O)(=O)CCN1C(=O)NC[C@H](O)C(=O)O. The minimum Gasteiger partial charge on any atom is -0.479 e. The van der Waals surface area contributed by atoms with Gasteiger partial charge in [-0.15, -0.1) is 0 Å². The van der Waals surface area contributed by atoms with Crippen LogP contribution in [0.1, 0.15) is 6.92 Å². The number of carboxylic acid groups (broad SMARTS) is 1. The van der Waals surface area contributed by atoms with Crippen molar-refractivity contribution in [2.75, 3.05) is 24.6 Å². The van der Waals surface area contributed by atoms with E-state index in [2.05, 4.69) is 5.32 Å². The maximum absolute atomic E-state index is 11.7. The third kappa shape index (κ3) is 3.84. The monoisotopic (exact) mass is 280 g/mol. The largest absolute Gasteiger partial charge is 0.479 e. The van der Waals surface area contributed by atoms with Crippen LogP contribution in [0.5, 0.6) is 0 Å². The predicted octanol–water partition coefficient (Wildman–Crippen LogP) is -1.74. The third-order valence-corrected chi connectivity index (χ3v) is 4.46. The van der Waals surface area contributed by atoms with Gasteiger partial charge < -0.3 is 20.4 Å². The minimum absolute atomic E-state index is 0.0680. The summed E-state index contributed by atoms with van der Waals surface area (Å²) in [6.45, 7) is 1.26. The molecule has 1 aliphatic heterocycles. The quantitative estimate of drug-likeness (QED) is 0.564. The van der Waals surface area contributed by atoms with Crippen molar-refractivity contribution in [3.63, 3.8) is 0 Å². The van der Waals surface area contributed by atoms with Crippen LogP contribution in [0.4, 0.5) is 4.79 Å². The summed E-state index contributed by atoms with van der Waals surface area (Å²) in [5.74, 6) is -1.64. The lowest BCUT2D eigenvalue weighted by atomic mass is 10.3. The number of rotatable bonds is 3. The highest BCUT2D eigenvalue weighted by Gasteiger charge is 2.31. The second-order valence-electron chi connectivity index (χ2n) is 4.20. The molecule has 3 N–H and O–H groups in total. The van der Waals surface area contributed by atoms with Gasteiger partial charge in [0.15, 0.2) is 15.9 Å². The van der Waals surface area contributed by atoms with Gasteiger partial charge in [-0.25, -0.2) is 18.0 Å². The van der Waals surface area contributed by atoms with E-state index in [1.54, 1.807) is 6.92 Å². The highest BCUT2D eigenvalue weighted by molar-refractivity contribution is 7.91. The van der Waals surface area contributed by atoms with Crippen molar-refractivity contribution in [3.05, 3.63) is 0 Å². The number of nitrogens with zero attached hydrogens (tertiary/aromatic N) is 1.